The van der Waals surface area contributed by atoms with Gasteiger partial charge in [0, 0.05) is 6.04 Å². The molecule has 0 aromatic carbocycles. The summed E-state index contributed by atoms with van der Waals surface area (Å²) in [5.41, 5.74) is 0. The predicted octanol–water partition coefficient (Wildman–Crippen LogP) is 1.07. The third-order valence-corrected chi connectivity index (χ3v) is 1.19. The summed E-state index contributed by atoms with van der Waals surface area (Å²) in [6.45, 7) is 0. The van der Waals surface area contributed by atoms with Crippen molar-refractivity contribution < 1.29 is 9.53 Å². The summed E-state index contributed by atoms with van der Waals surface area (Å²) in [5.74, 6) is 0. The number of amides is 1. The molecule has 0 atom stereocenters. The van der Waals surface area contributed by atoms with Crippen LogP contribution in [0.3, 0.4) is 0 Å². The molecule has 0 aromatic heterocycles. The van der Waals surface area contributed by atoms with E-state index in [1.807, 2.05) is 0 Å². The summed E-state index contributed by atoms with van der Waals surface area (Å²) < 4.78 is 4.41. The molecule has 0 unspecified atom stereocenters. The average molecular weight is 150 g/mol. The highest BCUT2D eigenvalue weighted by atomic mass is 35.5. The van der Waals surface area contributed by atoms with E-state index in [1.165, 1.54) is 0 Å². The molecule has 1 amide bonds. The number of carbonyl (C=O) groups excluding carboxylic acids is 1. The lowest BCUT2D eigenvalue weighted by Gasteiger charge is -1.99. The number of halogens is 1. The van der Waals surface area contributed by atoms with Gasteiger partial charge >= 0.3 is 6.09 Å². The Morgan fingerprint density at radius 3 is 2.89 bits per heavy atom. The predicted molar refractivity (Wildman–Crippen MR) is 33.4 cm³/mol. The van der Waals surface area contributed by atoms with Crippen molar-refractivity contribution in [2.45, 2.75) is 18.9 Å². The van der Waals surface area contributed by atoms with E-state index in [2.05, 4.69) is 10.1 Å². The van der Waals surface area contributed by atoms with Crippen LogP contribution in [0.1, 0.15) is 12.8 Å². The van der Waals surface area contributed by atoms with Crippen LogP contribution in [-0.2, 0) is 4.74 Å². The Kier molecular flexibility index (Phi) is 2.16. The lowest BCUT2D eigenvalue weighted by Crippen LogP contribution is -2.25. The first-order chi connectivity index (χ1) is 4.33. The standard InChI is InChI=1S/C5H8ClNO2/c6-3-9-5(8)7-4-1-2-4/h4H,1-3H2,(H,7,8). The highest BCUT2D eigenvalue weighted by Gasteiger charge is 2.23. The molecule has 1 fully saturated rings. The number of alkyl carbamates (subject to hydrolysis) is 1. The molecule has 3 nitrogen and oxygen atoms in total. The minimum absolute atomic E-state index is 0.0709. The quantitative estimate of drug-likeness (QED) is 0.597. The summed E-state index contributed by atoms with van der Waals surface area (Å²) in [7, 11) is 0. The van der Waals surface area contributed by atoms with Gasteiger partial charge in [-0.1, -0.05) is 11.6 Å². The van der Waals surface area contributed by atoms with Gasteiger partial charge in [0.2, 0.25) is 0 Å². The number of nitrogens with one attached hydrogen (secondary N) is 1. The molecule has 0 aromatic rings. The second-order valence-corrected chi connectivity index (χ2v) is 2.18. The van der Waals surface area contributed by atoms with E-state index in [9.17, 15) is 4.79 Å². The molecular weight excluding hydrogens is 142 g/mol. The zero-order chi connectivity index (χ0) is 6.69. The first kappa shape index (κ1) is 6.68. The van der Waals surface area contributed by atoms with Gasteiger partial charge in [0.1, 0.15) is 0 Å². The minimum atomic E-state index is -0.410. The number of hydrogen-bond donors (Lipinski definition) is 1. The van der Waals surface area contributed by atoms with Crippen molar-refractivity contribution in [1.29, 1.82) is 0 Å². The number of carbonyl (C=O) groups is 1. The van der Waals surface area contributed by atoms with E-state index in [1.54, 1.807) is 0 Å². The van der Waals surface area contributed by atoms with Crippen molar-refractivity contribution in [2.75, 3.05) is 6.07 Å². The fourth-order valence-corrected chi connectivity index (χ4v) is 0.585. The van der Waals surface area contributed by atoms with Crippen molar-refractivity contribution in [3.05, 3.63) is 0 Å². The van der Waals surface area contributed by atoms with E-state index in [4.69, 9.17) is 11.6 Å². The van der Waals surface area contributed by atoms with Gasteiger partial charge in [-0.2, -0.15) is 0 Å². The summed E-state index contributed by atoms with van der Waals surface area (Å²) in [5, 5.41) is 2.61. The zero-order valence-corrected chi connectivity index (χ0v) is 5.65. The molecule has 0 radical (unpaired) electrons. The third-order valence-electron chi connectivity index (χ3n) is 1.08. The second-order valence-electron chi connectivity index (χ2n) is 1.96. The molecule has 1 aliphatic rings. The van der Waals surface area contributed by atoms with Gasteiger partial charge in [-0.25, -0.2) is 4.79 Å². The van der Waals surface area contributed by atoms with Crippen molar-refractivity contribution in [2.24, 2.45) is 0 Å². The van der Waals surface area contributed by atoms with Crippen molar-refractivity contribution in [1.82, 2.24) is 5.32 Å². The monoisotopic (exact) mass is 149 g/mol. The zero-order valence-electron chi connectivity index (χ0n) is 4.89. The SMILES string of the molecule is O=C(NC1CC1)OCCl. The molecule has 0 saturated heterocycles. The number of rotatable bonds is 2. The van der Waals surface area contributed by atoms with Gasteiger partial charge in [0.05, 0.1) is 0 Å². The molecule has 1 rings (SSSR count). The van der Waals surface area contributed by atoms with Crippen LogP contribution >= 0.6 is 11.6 Å². The molecule has 0 bridgehead atoms. The topological polar surface area (TPSA) is 38.3 Å². The Labute approximate surface area is 58.3 Å². The maximum atomic E-state index is 10.5. The van der Waals surface area contributed by atoms with Crippen LogP contribution < -0.4 is 5.32 Å². The smallest absolute Gasteiger partial charge is 0.408 e. The summed E-state index contributed by atoms with van der Waals surface area (Å²) in [4.78, 5) is 10.5. The second kappa shape index (κ2) is 2.92. The van der Waals surface area contributed by atoms with Gasteiger partial charge in [-0.3, -0.25) is 0 Å². The molecule has 0 heterocycles. The Hall–Kier alpha value is -0.440. The molecule has 9 heavy (non-hydrogen) atoms. The molecule has 52 valence electrons. The van der Waals surface area contributed by atoms with E-state index < -0.39 is 6.09 Å². The third kappa shape index (κ3) is 2.56. The lowest BCUT2D eigenvalue weighted by molar-refractivity contribution is 0.164. The van der Waals surface area contributed by atoms with Gasteiger partial charge in [0.25, 0.3) is 0 Å². The molecule has 0 aliphatic heterocycles. The largest absolute Gasteiger partial charge is 0.433 e. The normalized spacial score (nSPS) is 17.0. The van der Waals surface area contributed by atoms with Crippen molar-refractivity contribution >= 4 is 17.7 Å². The Bertz CT molecular complexity index is 114. The van der Waals surface area contributed by atoms with Crippen LogP contribution in [0.2, 0.25) is 0 Å². The van der Waals surface area contributed by atoms with Crippen LogP contribution in [-0.4, -0.2) is 18.2 Å². The van der Waals surface area contributed by atoms with Crippen LogP contribution in [0, 0.1) is 0 Å². The summed E-state index contributed by atoms with van der Waals surface area (Å²) in [6.07, 6.45) is 1.72. The first-order valence-corrected chi connectivity index (χ1v) is 3.35. The molecule has 4 heteroatoms. The summed E-state index contributed by atoms with van der Waals surface area (Å²) in [6, 6.07) is 0.277. The Balaban J connectivity index is 2.02. The molecule has 1 saturated carbocycles. The lowest BCUT2D eigenvalue weighted by atomic mass is 10.7. The average Bonchev–Trinajstić information content (AvgIpc) is 2.50. The van der Waals surface area contributed by atoms with Crippen molar-refractivity contribution in [3.8, 4) is 0 Å². The van der Waals surface area contributed by atoms with Crippen LogP contribution in [0.15, 0.2) is 0 Å². The maximum absolute atomic E-state index is 10.5. The molecular formula is C5H8ClNO2. The van der Waals surface area contributed by atoms with Gasteiger partial charge in [-0.15, -0.1) is 0 Å². The van der Waals surface area contributed by atoms with E-state index in [0.29, 0.717) is 6.04 Å². The van der Waals surface area contributed by atoms with E-state index >= 15 is 0 Å². The Morgan fingerprint density at radius 1 is 1.78 bits per heavy atom. The minimum Gasteiger partial charge on any atom is -0.433 e. The van der Waals surface area contributed by atoms with E-state index in [0.717, 1.165) is 12.8 Å². The molecule has 1 aliphatic carbocycles. The maximum Gasteiger partial charge on any atom is 0.408 e. The van der Waals surface area contributed by atoms with Crippen LogP contribution in [0.4, 0.5) is 4.79 Å². The van der Waals surface area contributed by atoms with Gasteiger partial charge in [0.15, 0.2) is 6.07 Å². The van der Waals surface area contributed by atoms with Crippen LogP contribution in [0.25, 0.3) is 0 Å². The van der Waals surface area contributed by atoms with Crippen molar-refractivity contribution in [3.63, 3.8) is 0 Å². The summed E-state index contributed by atoms with van der Waals surface area (Å²) >= 11 is 5.12. The highest BCUT2D eigenvalue weighted by molar-refractivity contribution is 6.17. The van der Waals surface area contributed by atoms with Gasteiger partial charge < -0.3 is 10.1 Å². The van der Waals surface area contributed by atoms with E-state index in [-0.39, 0.29) is 6.07 Å². The van der Waals surface area contributed by atoms with Gasteiger partial charge in [-0.05, 0) is 12.8 Å². The highest BCUT2D eigenvalue weighted by Crippen LogP contribution is 2.18. The fraction of sp³-hybridized carbons (Fsp3) is 0.800. The first-order valence-electron chi connectivity index (χ1n) is 2.82. The van der Waals surface area contributed by atoms with Crippen LogP contribution in [0.5, 0.6) is 0 Å². The Morgan fingerprint density at radius 2 is 2.44 bits per heavy atom. The number of ether oxygens (including phenoxy) is 1. The molecule has 0 spiro atoms. The molecule has 1 N–H and O–H groups in total. The number of hydrogen-bond acceptors (Lipinski definition) is 2. The number of alkyl halides is 1. The fourth-order valence-electron chi connectivity index (χ4n) is 0.486.